The molecule has 0 spiro atoms. The molecule has 8 heteroatoms. The molecule has 2 aromatic rings. The summed E-state index contributed by atoms with van der Waals surface area (Å²) in [5, 5.41) is 8.93. The van der Waals surface area contributed by atoms with Crippen molar-refractivity contribution in [3.63, 3.8) is 0 Å². The summed E-state index contributed by atoms with van der Waals surface area (Å²) < 4.78 is 39.9. The molecule has 0 bridgehead atoms. The molecular weight excluding hydrogens is 338 g/mol. The van der Waals surface area contributed by atoms with Crippen LogP contribution in [0.3, 0.4) is 0 Å². The van der Waals surface area contributed by atoms with Gasteiger partial charge in [0.05, 0.1) is 21.2 Å². The molecule has 2 aromatic carbocycles. The summed E-state index contributed by atoms with van der Waals surface area (Å²) in [6.45, 7) is 0. The van der Waals surface area contributed by atoms with Crippen molar-refractivity contribution in [3.8, 4) is 6.07 Å². The van der Waals surface area contributed by atoms with Crippen molar-refractivity contribution in [3.05, 3.63) is 57.8 Å². The van der Waals surface area contributed by atoms with Crippen LogP contribution in [-0.2, 0) is 10.0 Å². The van der Waals surface area contributed by atoms with Crippen LogP contribution < -0.4 is 4.72 Å². The molecule has 0 radical (unpaired) electrons. The average molecular weight is 345 g/mol. The molecule has 0 aliphatic rings. The molecule has 0 aliphatic heterocycles. The van der Waals surface area contributed by atoms with Gasteiger partial charge in [-0.2, -0.15) is 5.26 Å². The Balaban J connectivity index is 2.41. The van der Waals surface area contributed by atoms with Gasteiger partial charge in [0.25, 0.3) is 10.0 Å². The van der Waals surface area contributed by atoms with Crippen molar-refractivity contribution in [2.24, 2.45) is 0 Å². The lowest BCUT2D eigenvalue weighted by Crippen LogP contribution is -2.14. The van der Waals surface area contributed by atoms with Gasteiger partial charge in [-0.05, 0) is 36.4 Å². The van der Waals surface area contributed by atoms with Gasteiger partial charge in [0.2, 0.25) is 0 Å². The lowest BCUT2D eigenvalue weighted by molar-refractivity contribution is 0.598. The van der Waals surface area contributed by atoms with E-state index in [1.54, 1.807) is 0 Å². The van der Waals surface area contributed by atoms with E-state index in [4.69, 9.17) is 28.5 Å². The molecule has 1 N–H and O–H groups in total. The maximum absolute atomic E-state index is 13.6. The van der Waals surface area contributed by atoms with Gasteiger partial charge in [-0.15, -0.1) is 0 Å². The van der Waals surface area contributed by atoms with Gasteiger partial charge in [0.1, 0.15) is 11.9 Å². The quantitative estimate of drug-likeness (QED) is 0.920. The third kappa shape index (κ3) is 3.45. The number of nitrogens with one attached hydrogen (secondary N) is 1. The number of hydrogen-bond acceptors (Lipinski definition) is 3. The Labute approximate surface area is 130 Å². The average Bonchev–Trinajstić information content (AvgIpc) is 2.42. The van der Waals surface area contributed by atoms with Crippen molar-refractivity contribution in [1.29, 1.82) is 5.26 Å². The maximum atomic E-state index is 13.6. The predicted octanol–water partition coefficient (Wildman–Crippen LogP) is 3.80. The van der Waals surface area contributed by atoms with E-state index in [1.807, 2.05) is 6.07 Å². The summed E-state index contributed by atoms with van der Waals surface area (Å²) >= 11 is 11.5. The smallest absolute Gasteiger partial charge is 0.262 e. The number of halogens is 3. The maximum Gasteiger partial charge on any atom is 0.262 e. The SMILES string of the molecule is N#Cc1ccc(S(=O)(=O)Nc2cc(Cl)ccc2F)cc1Cl. The Bertz CT molecular complexity index is 848. The largest absolute Gasteiger partial charge is 0.277 e. The summed E-state index contributed by atoms with van der Waals surface area (Å²) in [5.74, 6) is -0.761. The molecule has 0 saturated carbocycles. The first-order chi connectivity index (χ1) is 9.83. The van der Waals surface area contributed by atoms with Crippen LogP contribution in [0.15, 0.2) is 41.3 Å². The lowest BCUT2D eigenvalue weighted by atomic mass is 10.2. The number of anilines is 1. The van der Waals surface area contributed by atoms with Crippen LogP contribution in [0, 0.1) is 17.1 Å². The zero-order chi connectivity index (χ0) is 15.6. The third-order valence-corrected chi connectivity index (χ3v) is 4.46. The van der Waals surface area contributed by atoms with Crippen LogP contribution >= 0.6 is 23.2 Å². The molecule has 0 fully saturated rings. The predicted molar refractivity (Wildman–Crippen MR) is 78.4 cm³/mol. The molecule has 0 aliphatic carbocycles. The molecule has 0 heterocycles. The lowest BCUT2D eigenvalue weighted by Gasteiger charge is -2.10. The van der Waals surface area contributed by atoms with Crippen LogP contribution in [0.25, 0.3) is 0 Å². The second kappa shape index (κ2) is 5.90. The Morgan fingerprint density at radius 1 is 1.14 bits per heavy atom. The molecule has 0 amide bonds. The summed E-state index contributed by atoms with van der Waals surface area (Å²) in [7, 11) is -4.04. The second-order valence-corrected chi connectivity index (χ2v) is 6.51. The van der Waals surface area contributed by atoms with E-state index >= 15 is 0 Å². The summed E-state index contributed by atoms with van der Waals surface area (Å²) in [5.41, 5.74) is -0.132. The van der Waals surface area contributed by atoms with Gasteiger partial charge in [-0.1, -0.05) is 23.2 Å². The first-order valence-electron chi connectivity index (χ1n) is 5.51. The first-order valence-corrected chi connectivity index (χ1v) is 7.75. The van der Waals surface area contributed by atoms with E-state index in [-0.39, 0.29) is 26.2 Å². The highest BCUT2D eigenvalue weighted by atomic mass is 35.5. The fourth-order valence-electron chi connectivity index (χ4n) is 1.53. The number of benzene rings is 2. The topological polar surface area (TPSA) is 70.0 Å². The second-order valence-electron chi connectivity index (χ2n) is 3.98. The molecule has 108 valence electrons. The number of nitriles is 1. The van der Waals surface area contributed by atoms with E-state index in [9.17, 15) is 12.8 Å². The van der Waals surface area contributed by atoms with Crippen LogP contribution in [0.5, 0.6) is 0 Å². The minimum atomic E-state index is -4.04. The summed E-state index contributed by atoms with van der Waals surface area (Å²) in [6, 6.07) is 8.90. The molecule has 2 rings (SSSR count). The van der Waals surface area contributed by atoms with Crippen LogP contribution in [0.4, 0.5) is 10.1 Å². The highest BCUT2D eigenvalue weighted by Gasteiger charge is 2.18. The molecule has 21 heavy (non-hydrogen) atoms. The standard InChI is InChI=1S/C13H7Cl2FN2O2S/c14-9-2-4-12(16)13(5-9)18-21(19,20)10-3-1-8(7-17)11(15)6-10/h1-6,18H. The molecule has 0 saturated heterocycles. The van der Waals surface area contributed by atoms with Crippen LogP contribution in [0.1, 0.15) is 5.56 Å². The zero-order valence-corrected chi connectivity index (χ0v) is 12.6. The van der Waals surface area contributed by atoms with Gasteiger partial charge in [-0.25, -0.2) is 12.8 Å². The van der Waals surface area contributed by atoms with E-state index in [1.165, 1.54) is 18.2 Å². The van der Waals surface area contributed by atoms with Crippen LogP contribution in [0.2, 0.25) is 10.0 Å². The molecular formula is C13H7Cl2FN2O2S. The van der Waals surface area contributed by atoms with Gasteiger partial charge < -0.3 is 0 Å². The van der Waals surface area contributed by atoms with Crippen molar-refractivity contribution in [1.82, 2.24) is 0 Å². The summed E-state index contributed by atoms with van der Waals surface area (Å²) in [4.78, 5) is -0.189. The molecule has 0 atom stereocenters. The van der Waals surface area contributed by atoms with Crippen molar-refractivity contribution in [2.45, 2.75) is 4.90 Å². The highest BCUT2D eigenvalue weighted by molar-refractivity contribution is 7.92. The van der Waals surface area contributed by atoms with E-state index in [0.717, 1.165) is 18.2 Å². The first kappa shape index (κ1) is 15.6. The zero-order valence-electron chi connectivity index (χ0n) is 10.3. The fourth-order valence-corrected chi connectivity index (χ4v) is 3.08. The Morgan fingerprint density at radius 3 is 2.48 bits per heavy atom. The van der Waals surface area contributed by atoms with Crippen molar-refractivity contribution in [2.75, 3.05) is 4.72 Å². The van der Waals surface area contributed by atoms with E-state index < -0.39 is 15.8 Å². The van der Waals surface area contributed by atoms with Crippen molar-refractivity contribution < 1.29 is 12.8 Å². The van der Waals surface area contributed by atoms with E-state index in [0.29, 0.717) is 0 Å². The monoisotopic (exact) mass is 344 g/mol. The fraction of sp³-hybridized carbons (Fsp3) is 0. The number of hydrogen-bond donors (Lipinski definition) is 1. The number of sulfonamides is 1. The Kier molecular flexibility index (Phi) is 4.37. The van der Waals surface area contributed by atoms with Gasteiger partial charge in [0.15, 0.2) is 0 Å². The molecule has 4 nitrogen and oxygen atoms in total. The van der Waals surface area contributed by atoms with Crippen molar-refractivity contribution >= 4 is 38.9 Å². The summed E-state index contributed by atoms with van der Waals surface area (Å²) in [6.07, 6.45) is 0. The third-order valence-electron chi connectivity index (χ3n) is 2.54. The Morgan fingerprint density at radius 2 is 1.86 bits per heavy atom. The molecule has 0 aromatic heterocycles. The highest BCUT2D eigenvalue weighted by Crippen LogP contribution is 2.25. The number of rotatable bonds is 3. The van der Waals surface area contributed by atoms with E-state index in [2.05, 4.69) is 4.72 Å². The Hall–Kier alpha value is -1.81. The number of nitrogens with zero attached hydrogens (tertiary/aromatic N) is 1. The minimum absolute atomic E-state index is 0.00746. The van der Waals surface area contributed by atoms with Gasteiger partial charge >= 0.3 is 0 Å². The minimum Gasteiger partial charge on any atom is -0.277 e. The molecule has 0 unspecified atom stereocenters. The van der Waals surface area contributed by atoms with Gasteiger partial charge in [-0.3, -0.25) is 4.72 Å². The normalized spacial score (nSPS) is 11.0. The van der Waals surface area contributed by atoms with Gasteiger partial charge in [0, 0.05) is 5.02 Å². The van der Waals surface area contributed by atoms with Crippen LogP contribution in [-0.4, -0.2) is 8.42 Å².